The SMILES string of the molecule is CCNC(=NCC1(O)CCCC1)N1CCC(N(CC2CC2)C(=O)OC(C)(C)C)CC1.I. The topological polar surface area (TPSA) is 77.4 Å². The number of likely N-dealkylation sites (tertiary alicyclic amines) is 1. The highest BCUT2D eigenvalue weighted by Gasteiger charge is 2.36. The van der Waals surface area contributed by atoms with Gasteiger partial charge >= 0.3 is 6.09 Å². The Bertz CT molecular complexity index is 604. The van der Waals surface area contributed by atoms with Gasteiger partial charge in [0.25, 0.3) is 0 Å². The lowest BCUT2D eigenvalue weighted by Crippen LogP contribution is -2.52. The molecular formula is C23H43IN4O3. The number of guanidine groups is 1. The van der Waals surface area contributed by atoms with E-state index in [9.17, 15) is 9.90 Å². The molecule has 0 spiro atoms. The highest BCUT2D eigenvalue weighted by atomic mass is 127. The lowest BCUT2D eigenvalue weighted by Gasteiger charge is -2.40. The van der Waals surface area contributed by atoms with Crippen LogP contribution in [0.3, 0.4) is 0 Å². The second-order valence-corrected chi connectivity index (χ2v) is 10.4. The monoisotopic (exact) mass is 550 g/mol. The van der Waals surface area contributed by atoms with Gasteiger partial charge in [0, 0.05) is 32.2 Å². The Hall–Kier alpha value is -0.770. The average molecular weight is 551 g/mol. The van der Waals surface area contributed by atoms with Crippen LogP contribution in [0.2, 0.25) is 0 Å². The predicted octanol–water partition coefficient (Wildman–Crippen LogP) is 3.99. The van der Waals surface area contributed by atoms with Crippen molar-refractivity contribution in [3.05, 3.63) is 0 Å². The summed E-state index contributed by atoms with van der Waals surface area (Å²) in [5.74, 6) is 1.53. The molecule has 2 aliphatic carbocycles. The predicted molar refractivity (Wildman–Crippen MR) is 135 cm³/mol. The minimum atomic E-state index is -0.628. The first-order chi connectivity index (χ1) is 14.2. The summed E-state index contributed by atoms with van der Waals surface area (Å²) in [6.07, 6.45) is 7.99. The number of ether oxygens (including phenoxy) is 1. The molecule has 3 rings (SSSR count). The third kappa shape index (κ3) is 8.26. The summed E-state index contributed by atoms with van der Waals surface area (Å²) in [7, 11) is 0. The molecule has 0 aromatic heterocycles. The standard InChI is InChI=1S/C23H42N4O3.HI/c1-5-24-20(25-17-23(29)12-6-7-13-23)26-14-10-19(11-15-26)27(16-18-8-9-18)21(28)30-22(2,3)4;/h18-19,29H,5-17H2,1-4H3,(H,24,25);1H. The Labute approximate surface area is 205 Å². The summed E-state index contributed by atoms with van der Waals surface area (Å²) < 4.78 is 5.71. The Kier molecular flexibility index (Phi) is 9.73. The van der Waals surface area contributed by atoms with E-state index in [0.717, 1.165) is 70.7 Å². The van der Waals surface area contributed by atoms with Gasteiger partial charge in [-0.1, -0.05) is 12.8 Å². The number of carbonyl (C=O) groups is 1. The molecule has 0 radical (unpaired) electrons. The molecule has 180 valence electrons. The second kappa shape index (κ2) is 11.4. The minimum absolute atomic E-state index is 0. The number of carbonyl (C=O) groups excluding carboxylic acids is 1. The number of aliphatic imine (C=N–C) groups is 1. The van der Waals surface area contributed by atoms with Crippen molar-refractivity contribution >= 4 is 36.0 Å². The molecule has 1 heterocycles. The van der Waals surface area contributed by atoms with Crippen molar-refractivity contribution in [3.63, 3.8) is 0 Å². The van der Waals surface area contributed by atoms with Crippen LogP contribution < -0.4 is 5.32 Å². The number of amides is 1. The Morgan fingerprint density at radius 2 is 1.81 bits per heavy atom. The first-order valence-electron chi connectivity index (χ1n) is 11.9. The van der Waals surface area contributed by atoms with Crippen molar-refractivity contribution in [1.82, 2.24) is 15.1 Å². The van der Waals surface area contributed by atoms with Crippen molar-refractivity contribution < 1.29 is 14.6 Å². The van der Waals surface area contributed by atoms with Gasteiger partial charge < -0.3 is 25.0 Å². The van der Waals surface area contributed by atoms with Crippen molar-refractivity contribution in [1.29, 1.82) is 0 Å². The zero-order chi connectivity index (χ0) is 21.8. The maximum Gasteiger partial charge on any atom is 0.410 e. The van der Waals surface area contributed by atoms with E-state index < -0.39 is 11.2 Å². The number of nitrogens with zero attached hydrogens (tertiary/aromatic N) is 3. The molecule has 3 aliphatic rings. The van der Waals surface area contributed by atoms with Gasteiger partial charge in [-0.25, -0.2) is 4.79 Å². The molecule has 7 nitrogen and oxygen atoms in total. The van der Waals surface area contributed by atoms with Gasteiger partial charge in [0.1, 0.15) is 5.60 Å². The Morgan fingerprint density at radius 1 is 1.19 bits per heavy atom. The third-order valence-corrected chi connectivity index (χ3v) is 6.38. The molecule has 1 saturated heterocycles. The maximum absolute atomic E-state index is 12.9. The first kappa shape index (κ1) is 26.5. The van der Waals surface area contributed by atoms with Crippen LogP contribution in [0.1, 0.15) is 79.1 Å². The molecule has 3 fully saturated rings. The molecule has 1 amide bonds. The number of piperidine rings is 1. The number of halogens is 1. The molecular weight excluding hydrogens is 507 g/mol. The zero-order valence-corrected chi connectivity index (χ0v) is 22.2. The van der Waals surface area contributed by atoms with Gasteiger partial charge in [0.2, 0.25) is 0 Å². The fourth-order valence-electron chi connectivity index (χ4n) is 4.50. The Morgan fingerprint density at radius 3 is 2.32 bits per heavy atom. The van der Waals surface area contributed by atoms with Gasteiger partial charge in [-0.05, 0) is 72.1 Å². The molecule has 0 aromatic rings. The van der Waals surface area contributed by atoms with E-state index in [0.29, 0.717) is 12.5 Å². The molecule has 0 aromatic carbocycles. The van der Waals surface area contributed by atoms with Gasteiger partial charge in [-0.2, -0.15) is 0 Å². The van der Waals surface area contributed by atoms with Crippen LogP contribution in [-0.2, 0) is 4.74 Å². The quantitative estimate of drug-likeness (QED) is 0.297. The van der Waals surface area contributed by atoms with E-state index in [2.05, 4.69) is 17.1 Å². The molecule has 0 unspecified atom stereocenters. The number of rotatable bonds is 6. The molecule has 2 saturated carbocycles. The minimum Gasteiger partial charge on any atom is -0.444 e. The van der Waals surface area contributed by atoms with Gasteiger partial charge in [-0.3, -0.25) is 4.99 Å². The number of nitrogens with one attached hydrogen (secondary N) is 1. The highest BCUT2D eigenvalue weighted by molar-refractivity contribution is 14.0. The summed E-state index contributed by atoms with van der Waals surface area (Å²) in [6.45, 7) is 11.7. The fraction of sp³-hybridized carbons (Fsp3) is 0.913. The maximum atomic E-state index is 12.9. The van der Waals surface area contributed by atoms with Crippen LogP contribution in [-0.4, -0.2) is 76.9 Å². The smallest absolute Gasteiger partial charge is 0.410 e. The molecule has 31 heavy (non-hydrogen) atoms. The first-order valence-corrected chi connectivity index (χ1v) is 11.9. The Balaban J connectivity index is 0.00000341. The normalized spacial score (nSPS) is 22.1. The van der Waals surface area contributed by atoms with Crippen LogP contribution in [0.25, 0.3) is 0 Å². The van der Waals surface area contributed by atoms with Crippen LogP contribution in [0.15, 0.2) is 4.99 Å². The number of hydrogen-bond acceptors (Lipinski definition) is 4. The summed E-state index contributed by atoms with van der Waals surface area (Å²) in [6, 6.07) is 0.221. The van der Waals surface area contributed by atoms with E-state index in [4.69, 9.17) is 9.73 Å². The lowest BCUT2D eigenvalue weighted by atomic mass is 10.0. The van der Waals surface area contributed by atoms with Gasteiger partial charge in [-0.15, -0.1) is 24.0 Å². The molecule has 0 bridgehead atoms. The largest absolute Gasteiger partial charge is 0.444 e. The zero-order valence-electron chi connectivity index (χ0n) is 19.9. The highest BCUT2D eigenvalue weighted by Crippen LogP contribution is 2.33. The molecule has 8 heteroatoms. The number of aliphatic hydroxyl groups is 1. The van der Waals surface area contributed by atoms with E-state index in [1.807, 2.05) is 25.7 Å². The van der Waals surface area contributed by atoms with E-state index >= 15 is 0 Å². The van der Waals surface area contributed by atoms with Crippen LogP contribution in [0.4, 0.5) is 4.79 Å². The second-order valence-electron chi connectivity index (χ2n) is 10.4. The molecule has 0 atom stereocenters. The van der Waals surface area contributed by atoms with E-state index in [-0.39, 0.29) is 36.1 Å². The fourth-order valence-corrected chi connectivity index (χ4v) is 4.50. The molecule has 2 N–H and O–H groups in total. The van der Waals surface area contributed by atoms with Crippen LogP contribution in [0.5, 0.6) is 0 Å². The summed E-state index contributed by atoms with van der Waals surface area (Å²) in [5, 5.41) is 14.0. The van der Waals surface area contributed by atoms with Gasteiger partial charge in [0.15, 0.2) is 5.96 Å². The van der Waals surface area contributed by atoms with Crippen LogP contribution in [0, 0.1) is 5.92 Å². The summed E-state index contributed by atoms with van der Waals surface area (Å²) in [5.41, 5.74) is -1.10. The molecule has 1 aliphatic heterocycles. The van der Waals surface area contributed by atoms with Crippen molar-refractivity contribution in [2.24, 2.45) is 10.9 Å². The van der Waals surface area contributed by atoms with E-state index in [1.165, 1.54) is 12.8 Å². The third-order valence-electron chi connectivity index (χ3n) is 6.38. The van der Waals surface area contributed by atoms with Gasteiger partial charge in [0.05, 0.1) is 12.1 Å². The van der Waals surface area contributed by atoms with E-state index in [1.54, 1.807) is 0 Å². The average Bonchev–Trinajstić information content (AvgIpc) is 3.41. The van der Waals surface area contributed by atoms with Crippen molar-refractivity contribution in [2.45, 2.75) is 96.3 Å². The van der Waals surface area contributed by atoms with Crippen molar-refractivity contribution in [3.8, 4) is 0 Å². The number of hydrogen-bond donors (Lipinski definition) is 2. The summed E-state index contributed by atoms with van der Waals surface area (Å²) in [4.78, 5) is 21.9. The summed E-state index contributed by atoms with van der Waals surface area (Å²) >= 11 is 0. The van der Waals surface area contributed by atoms with Crippen LogP contribution >= 0.6 is 24.0 Å². The van der Waals surface area contributed by atoms with Crippen molar-refractivity contribution in [2.75, 3.05) is 32.7 Å². The lowest BCUT2D eigenvalue weighted by molar-refractivity contribution is 0.00919.